The minimum Gasteiger partial charge on any atom is -0.460 e. The number of hydrogen-bond donors (Lipinski definition) is 1. The number of hydrogen-bond acceptors (Lipinski definition) is 5. The van der Waals surface area contributed by atoms with E-state index in [2.05, 4.69) is 6.58 Å². The van der Waals surface area contributed by atoms with Crippen LogP contribution < -0.4 is 0 Å². The Morgan fingerprint density at radius 3 is 2.31 bits per heavy atom. The topological polar surface area (TPSA) is 65.0 Å². The Morgan fingerprint density at radius 2 is 1.81 bits per heavy atom. The molecular weight excluding hydrogens is 212 g/mol. The highest BCUT2D eigenvalue weighted by Crippen LogP contribution is 2.10. The lowest BCUT2D eigenvalue weighted by Crippen LogP contribution is -2.31. The molecule has 16 heavy (non-hydrogen) atoms. The summed E-state index contributed by atoms with van der Waals surface area (Å²) in [5, 5.41) is 8.58. The minimum absolute atomic E-state index is 0.0581. The Labute approximate surface area is 96.0 Å². The van der Waals surface area contributed by atoms with E-state index in [4.69, 9.17) is 19.3 Å². The van der Waals surface area contributed by atoms with Crippen LogP contribution in [-0.2, 0) is 19.0 Å². The fourth-order valence-corrected chi connectivity index (χ4v) is 0.878. The van der Waals surface area contributed by atoms with Crippen LogP contribution in [0.2, 0.25) is 0 Å². The van der Waals surface area contributed by atoms with Gasteiger partial charge in [0.25, 0.3) is 0 Å². The SMILES string of the molecule is C=C(C)C(=O)OCCOC(C)(C)OCCO. The summed E-state index contributed by atoms with van der Waals surface area (Å²) in [5.74, 6) is -1.23. The van der Waals surface area contributed by atoms with Gasteiger partial charge in [0, 0.05) is 5.57 Å². The van der Waals surface area contributed by atoms with Crippen LogP contribution >= 0.6 is 0 Å². The van der Waals surface area contributed by atoms with Gasteiger partial charge >= 0.3 is 5.97 Å². The van der Waals surface area contributed by atoms with E-state index in [0.29, 0.717) is 5.57 Å². The van der Waals surface area contributed by atoms with Gasteiger partial charge in [-0.25, -0.2) is 4.79 Å². The summed E-state index contributed by atoms with van der Waals surface area (Å²) >= 11 is 0. The van der Waals surface area contributed by atoms with Crippen LogP contribution in [0.4, 0.5) is 0 Å². The molecule has 0 aliphatic carbocycles. The minimum atomic E-state index is -0.793. The summed E-state index contributed by atoms with van der Waals surface area (Å²) in [4.78, 5) is 11.0. The molecule has 0 rings (SSSR count). The Bertz CT molecular complexity index is 235. The Morgan fingerprint density at radius 1 is 1.25 bits per heavy atom. The Kier molecular flexibility index (Phi) is 6.96. The first-order valence-corrected chi connectivity index (χ1v) is 5.10. The van der Waals surface area contributed by atoms with Gasteiger partial charge in [-0.1, -0.05) is 6.58 Å². The molecule has 1 N–H and O–H groups in total. The van der Waals surface area contributed by atoms with E-state index in [9.17, 15) is 4.79 Å². The number of carbonyl (C=O) groups is 1. The molecule has 0 aliphatic heterocycles. The molecule has 0 atom stereocenters. The zero-order valence-corrected chi connectivity index (χ0v) is 10.1. The van der Waals surface area contributed by atoms with Gasteiger partial charge < -0.3 is 19.3 Å². The molecule has 0 heterocycles. The second-order valence-electron chi connectivity index (χ2n) is 3.74. The summed E-state index contributed by atoms with van der Waals surface area (Å²) in [6, 6.07) is 0. The smallest absolute Gasteiger partial charge is 0.333 e. The molecule has 0 aromatic rings. The summed E-state index contributed by atoms with van der Waals surface area (Å²) in [6.45, 7) is 9.02. The quantitative estimate of drug-likeness (QED) is 0.291. The monoisotopic (exact) mass is 232 g/mol. The van der Waals surface area contributed by atoms with Gasteiger partial charge in [-0.2, -0.15) is 0 Å². The van der Waals surface area contributed by atoms with Crippen LogP contribution in [0.5, 0.6) is 0 Å². The predicted octanol–water partition coefficient (Wildman–Crippen LogP) is 0.867. The van der Waals surface area contributed by atoms with Crippen LogP contribution in [0.3, 0.4) is 0 Å². The van der Waals surface area contributed by atoms with Crippen LogP contribution in [0.15, 0.2) is 12.2 Å². The van der Waals surface area contributed by atoms with E-state index in [1.807, 2.05) is 0 Å². The molecule has 5 nitrogen and oxygen atoms in total. The number of esters is 1. The van der Waals surface area contributed by atoms with Crippen LogP contribution in [0, 0.1) is 0 Å². The highest BCUT2D eigenvalue weighted by molar-refractivity contribution is 5.86. The van der Waals surface area contributed by atoms with Crippen molar-refractivity contribution in [3.05, 3.63) is 12.2 Å². The Hall–Kier alpha value is -0.910. The lowest BCUT2D eigenvalue weighted by Gasteiger charge is -2.25. The van der Waals surface area contributed by atoms with Crippen molar-refractivity contribution >= 4 is 5.97 Å². The lowest BCUT2D eigenvalue weighted by molar-refractivity contribution is -0.221. The molecule has 0 spiro atoms. The Balaban J connectivity index is 3.64. The third kappa shape index (κ3) is 7.39. The maximum atomic E-state index is 11.0. The summed E-state index contributed by atoms with van der Waals surface area (Å²) in [7, 11) is 0. The van der Waals surface area contributed by atoms with Gasteiger partial charge in [0.2, 0.25) is 0 Å². The zero-order valence-electron chi connectivity index (χ0n) is 10.1. The third-order valence-electron chi connectivity index (χ3n) is 1.66. The lowest BCUT2D eigenvalue weighted by atomic mass is 10.4. The van der Waals surface area contributed by atoms with Crippen molar-refractivity contribution in [1.29, 1.82) is 0 Å². The first-order chi connectivity index (χ1) is 7.39. The molecule has 94 valence electrons. The highest BCUT2D eigenvalue weighted by Gasteiger charge is 2.18. The van der Waals surface area contributed by atoms with Crippen molar-refractivity contribution in [2.45, 2.75) is 26.6 Å². The number of carbonyl (C=O) groups excluding carboxylic acids is 1. The molecule has 5 heteroatoms. The van der Waals surface area contributed by atoms with Crippen molar-refractivity contribution in [1.82, 2.24) is 0 Å². The number of rotatable bonds is 8. The average Bonchev–Trinajstić information content (AvgIpc) is 2.21. The van der Waals surface area contributed by atoms with Crippen molar-refractivity contribution in [2.75, 3.05) is 26.4 Å². The normalized spacial score (nSPS) is 11.2. The molecule has 0 saturated carbocycles. The van der Waals surface area contributed by atoms with Crippen molar-refractivity contribution < 1.29 is 24.1 Å². The maximum Gasteiger partial charge on any atom is 0.333 e. The van der Waals surface area contributed by atoms with Crippen LogP contribution in [-0.4, -0.2) is 43.3 Å². The zero-order chi connectivity index (χ0) is 12.6. The standard InChI is InChI=1S/C11H20O5/c1-9(2)10(13)14-7-8-16-11(3,4)15-6-5-12/h12H,1,5-8H2,2-4H3. The first kappa shape index (κ1) is 15.1. The summed E-state index contributed by atoms with van der Waals surface area (Å²) in [6.07, 6.45) is 0. The van der Waals surface area contributed by atoms with Crippen molar-refractivity contribution in [3.8, 4) is 0 Å². The summed E-state index contributed by atoms with van der Waals surface area (Å²) in [5.41, 5.74) is 0.357. The maximum absolute atomic E-state index is 11.0. The third-order valence-corrected chi connectivity index (χ3v) is 1.66. The van der Waals surface area contributed by atoms with E-state index < -0.39 is 11.8 Å². The largest absolute Gasteiger partial charge is 0.460 e. The van der Waals surface area contributed by atoms with E-state index >= 15 is 0 Å². The molecule has 0 bridgehead atoms. The second-order valence-corrected chi connectivity index (χ2v) is 3.74. The van der Waals surface area contributed by atoms with Crippen molar-refractivity contribution in [2.24, 2.45) is 0 Å². The molecule has 0 aromatic heterocycles. The van der Waals surface area contributed by atoms with Gasteiger partial charge in [0.1, 0.15) is 6.61 Å². The molecule has 0 saturated heterocycles. The van der Waals surface area contributed by atoms with Crippen molar-refractivity contribution in [3.63, 3.8) is 0 Å². The van der Waals surface area contributed by atoms with E-state index in [1.165, 1.54) is 0 Å². The van der Waals surface area contributed by atoms with Gasteiger partial charge in [0.15, 0.2) is 5.79 Å². The fraction of sp³-hybridized carbons (Fsp3) is 0.727. The van der Waals surface area contributed by atoms with Gasteiger partial charge in [-0.3, -0.25) is 0 Å². The van der Waals surface area contributed by atoms with E-state index in [1.54, 1.807) is 20.8 Å². The first-order valence-electron chi connectivity index (χ1n) is 5.10. The van der Waals surface area contributed by atoms with Crippen LogP contribution in [0.1, 0.15) is 20.8 Å². The van der Waals surface area contributed by atoms with E-state index in [-0.39, 0.29) is 26.4 Å². The van der Waals surface area contributed by atoms with E-state index in [0.717, 1.165) is 0 Å². The molecule has 0 fully saturated rings. The predicted molar refractivity (Wildman–Crippen MR) is 58.8 cm³/mol. The highest BCUT2D eigenvalue weighted by atomic mass is 16.7. The van der Waals surface area contributed by atoms with Gasteiger partial charge in [-0.05, 0) is 20.8 Å². The summed E-state index contributed by atoms with van der Waals surface area (Å²) < 4.78 is 15.4. The van der Waals surface area contributed by atoms with Gasteiger partial charge in [0.05, 0.1) is 19.8 Å². The molecule has 0 aromatic carbocycles. The molecule has 0 unspecified atom stereocenters. The average molecular weight is 232 g/mol. The molecule has 0 amide bonds. The molecule has 0 aliphatic rings. The number of ether oxygens (including phenoxy) is 3. The molecular formula is C11H20O5. The second kappa shape index (κ2) is 7.38. The van der Waals surface area contributed by atoms with Gasteiger partial charge in [-0.15, -0.1) is 0 Å². The number of aliphatic hydroxyl groups excluding tert-OH is 1. The molecule has 0 radical (unpaired) electrons. The number of aliphatic hydroxyl groups is 1. The van der Waals surface area contributed by atoms with Crippen LogP contribution in [0.25, 0.3) is 0 Å². The fourth-order valence-electron chi connectivity index (χ4n) is 0.878.